The molecule has 1 heterocycles. The Kier molecular flexibility index (Phi) is 3.74. The molecule has 0 saturated carbocycles. The van der Waals surface area contributed by atoms with E-state index in [-0.39, 0.29) is 17.8 Å². The lowest BCUT2D eigenvalue weighted by atomic mass is 10.1. The van der Waals surface area contributed by atoms with Crippen molar-refractivity contribution in [3.05, 3.63) is 35.1 Å². The Hall–Kier alpha value is -2.44. The molecule has 2 aromatic rings. The predicted molar refractivity (Wildman–Crippen MR) is 66.6 cm³/mol. The number of nitrogens with zero attached hydrogens (tertiary/aromatic N) is 2. The van der Waals surface area contributed by atoms with Gasteiger partial charge in [-0.05, 0) is 37.6 Å². The summed E-state index contributed by atoms with van der Waals surface area (Å²) >= 11 is 0. The van der Waals surface area contributed by atoms with Crippen LogP contribution in [0.2, 0.25) is 0 Å². The molecule has 0 atom stereocenters. The van der Waals surface area contributed by atoms with Crippen LogP contribution in [0.3, 0.4) is 0 Å². The molecular weight excluding hydrogens is 251 g/mol. The third kappa shape index (κ3) is 3.06. The quantitative estimate of drug-likeness (QED) is 0.883. The van der Waals surface area contributed by atoms with Crippen molar-refractivity contribution in [2.75, 3.05) is 11.9 Å². The van der Waals surface area contributed by atoms with Crippen molar-refractivity contribution in [3.8, 4) is 6.01 Å². The average molecular weight is 264 g/mol. The van der Waals surface area contributed by atoms with Crippen LogP contribution in [-0.4, -0.2) is 27.7 Å². The van der Waals surface area contributed by atoms with Crippen LogP contribution in [0.1, 0.15) is 22.8 Å². The molecule has 0 unspecified atom stereocenters. The number of carbonyl (C=O) groups is 1. The van der Waals surface area contributed by atoms with Gasteiger partial charge in [0.05, 0.1) is 6.61 Å². The Morgan fingerprint density at radius 1 is 1.53 bits per heavy atom. The molecule has 19 heavy (non-hydrogen) atoms. The molecule has 100 valence electrons. The molecule has 0 spiro atoms. The van der Waals surface area contributed by atoms with Gasteiger partial charge < -0.3 is 4.74 Å². The topological polar surface area (TPSA) is 79.9 Å². The van der Waals surface area contributed by atoms with Crippen LogP contribution in [0.4, 0.5) is 10.3 Å². The molecule has 1 aromatic carbocycles. The van der Waals surface area contributed by atoms with Crippen molar-refractivity contribution in [3.63, 3.8) is 0 Å². The molecule has 7 heteroatoms. The number of hydrogen-bond donors (Lipinski definition) is 2. The van der Waals surface area contributed by atoms with E-state index in [0.29, 0.717) is 17.7 Å². The number of anilines is 1. The monoisotopic (exact) mass is 264 g/mol. The van der Waals surface area contributed by atoms with Gasteiger partial charge in [0.1, 0.15) is 5.82 Å². The summed E-state index contributed by atoms with van der Waals surface area (Å²) in [6, 6.07) is 4.27. The van der Waals surface area contributed by atoms with Crippen LogP contribution in [0, 0.1) is 12.7 Å². The van der Waals surface area contributed by atoms with Crippen LogP contribution in [0.15, 0.2) is 18.2 Å². The first-order valence-corrected chi connectivity index (χ1v) is 5.73. The van der Waals surface area contributed by atoms with Gasteiger partial charge in [-0.2, -0.15) is 4.98 Å². The minimum absolute atomic E-state index is 0.160. The number of rotatable bonds is 4. The number of carbonyl (C=O) groups excluding carboxylic acids is 1. The standard InChI is InChI=1S/C12H13FN4O2/c1-3-19-12-15-11(16-17-12)14-10(18)8-4-5-9(13)7(2)6-8/h4-6H,3H2,1-2H3,(H2,14,15,16,17,18). The van der Waals surface area contributed by atoms with Crippen molar-refractivity contribution < 1.29 is 13.9 Å². The molecule has 0 bridgehead atoms. The average Bonchev–Trinajstić information content (AvgIpc) is 2.80. The smallest absolute Gasteiger partial charge is 0.337 e. The fourth-order valence-electron chi connectivity index (χ4n) is 1.46. The molecule has 0 aliphatic rings. The van der Waals surface area contributed by atoms with Gasteiger partial charge in [0.2, 0.25) is 5.95 Å². The van der Waals surface area contributed by atoms with Crippen LogP contribution >= 0.6 is 0 Å². The first-order valence-electron chi connectivity index (χ1n) is 5.73. The third-order valence-corrected chi connectivity index (χ3v) is 2.39. The summed E-state index contributed by atoms with van der Waals surface area (Å²) < 4.78 is 18.2. The molecular formula is C12H13FN4O2. The van der Waals surface area contributed by atoms with Gasteiger partial charge in [-0.3, -0.25) is 10.1 Å². The van der Waals surface area contributed by atoms with Crippen molar-refractivity contribution in [1.29, 1.82) is 0 Å². The summed E-state index contributed by atoms with van der Waals surface area (Å²) in [7, 11) is 0. The lowest BCUT2D eigenvalue weighted by molar-refractivity contribution is 0.102. The van der Waals surface area contributed by atoms with Gasteiger partial charge in [0, 0.05) is 5.56 Å². The normalized spacial score (nSPS) is 10.3. The molecule has 0 fully saturated rings. The van der Waals surface area contributed by atoms with Gasteiger partial charge in [-0.1, -0.05) is 0 Å². The molecule has 0 saturated heterocycles. The van der Waals surface area contributed by atoms with E-state index in [1.54, 1.807) is 13.8 Å². The summed E-state index contributed by atoms with van der Waals surface area (Å²) in [5.41, 5.74) is 0.744. The summed E-state index contributed by atoms with van der Waals surface area (Å²) in [5.74, 6) is -0.576. The lowest BCUT2D eigenvalue weighted by Gasteiger charge is -2.03. The number of aryl methyl sites for hydroxylation is 1. The van der Waals surface area contributed by atoms with Gasteiger partial charge in [-0.15, -0.1) is 5.10 Å². The second-order valence-corrected chi connectivity index (χ2v) is 3.82. The van der Waals surface area contributed by atoms with Crippen LogP contribution in [0.25, 0.3) is 0 Å². The molecule has 0 aliphatic carbocycles. The number of ether oxygens (including phenoxy) is 1. The highest BCUT2D eigenvalue weighted by Gasteiger charge is 2.11. The van der Waals surface area contributed by atoms with E-state index in [1.165, 1.54) is 18.2 Å². The van der Waals surface area contributed by atoms with E-state index in [1.807, 2.05) is 0 Å². The Morgan fingerprint density at radius 2 is 2.32 bits per heavy atom. The maximum Gasteiger partial charge on any atom is 0.337 e. The number of aromatic amines is 1. The maximum atomic E-state index is 13.1. The van der Waals surface area contributed by atoms with E-state index in [9.17, 15) is 9.18 Å². The van der Waals surface area contributed by atoms with Gasteiger partial charge in [0.25, 0.3) is 5.91 Å². The van der Waals surface area contributed by atoms with E-state index in [2.05, 4.69) is 20.5 Å². The van der Waals surface area contributed by atoms with E-state index >= 15 is 0 Å². The van der Waals surface area contributed by atoms with Crippen molar-refractivity contribution in [1.82, 2.24) is 15.2 Å². The number of aromatic nitrogens is 3. The number of hydrogen-bond acceptors (Lipinski definition) is 4. The van der Waals surface area contributed by atoms with E-state index in [0.717, 1.165) is 0 Å². The van der Waals surface area contributed by atoms with Gasteiger partial charge in [-0.25, -0.2) is 9.49 Å². The minimum atomic E-state index is -0.401. The summed E-state index contributed by atoms with van der Waals surface area (Å²) in [4.78, 5) is 15.8. The second kappa shape index (κ2) is 5.47. The number of benzene rings is 1. The first kappa shape index (κ1) is 13.0. The predicted octanol–water partition coefficient (Wildman–Crippen LogP) is 1.90. The molecule has 1 amide bonds. The zero-order valence-corrected chi connectivity index (χ0v) is 10.5. The molecule has 1 aromatic heterocycles. The van der Waals surface area contributed by atoms with Gasteiger partial charge >= 0.3 is 6.01 Å². The van der Waals surface area contributed by atoms with Crippen LogP contribution in [0.5, 0.6) is 6.01 Å². The number of halogens is 1. The van der Waals surface area contributed by atoms with Crippen LogP contribution < -0.4 is 10.1 Å². The fourth-order valence-corrected chi connectivity index (χ4v) is 1.46. The highest BCUT2D eigenvalue weighted by Crippen LogP contribution is 2.11. The van der Waals surface area contributed by atoms with E-state index < -0.39 is 5.91 Å². The molecule has 0 radical (unpaired) electrons. The summed E-state index contributed by atoms with van der Waals surface area (Å²) in [6.45, 7) is 3.83. The highest BCUT2D eigenvalue weighted by molar-refractivity contribution is 6.03. The highest BCUT2D eigenvalue weighted by atomic mass is 19.1. The Labute approximate surface area is 109 Å². The summed E-state index contributed by atoms with van der Waals surface area (Å²) in [5, 5.41) is 8.79. The van der Waals surface area contributed by atoms with Crippen molar-refractivity contribution in [2.24, 2.45) is 0 Å². The molecule has 6 nitrogen and oxygen atoms in total. The number of nitrogens with one attached hydrogen (secondary N) is 2. The third-order valence-electron chi connectivity index (χ3n) is 2.39. The molecule has 2 N–H and O–H groups in total. The SMILES string of the molecule is CCOc1n[nH]c(NC(=O)c2ccc(F)c(C)c2)n1. The lowest BCUT2D eigenvalue weighted by Crippen LogP contribution is -2.13. The second-order valence-electron chi connectivity index (χ2n) is 3.82. The van der Waals surface area contributed by atoms with Crippen LogP contribution in [-0.2, 0) is 0 Å². The summed E-state index contributed by atoms with van der Waals surface area (Å²) in [6.07, 6.45) is 0. The Morgan fingerprint density at radius 3 is 3.00 bits per heavy atom. The maximum absolute atomic E-state index is 13.1. The fraction of sp³-hybridized carbons (Fsp3) is 0.250. The zero-order chi connectivity index (χ0) is 13.8. The Bertz CT molecular complexity index is 597. The largest absolute Gasteiger partial charge is 0.463 e. The molecule has 2 rings (SSSR count). The molecule has 0 aliphatic heterocycles. The van der Waals surface area contributed by atoms with E-state index in [4.69, 9.17) is 4.74 Å². The van der Waals surface area contributed by atoms with Crippen molar-refractivity contribution in [2.45, 2.75) is 13.8 Å². The number of amides is 1. The van der Waals surface area contributed by atoms with Crippen molar-refractivity contribution >= 4 is 11.9 Å². The zero-order valence-electron chi connectivity index (χ0n) is 10.5. The first-order chi connectivity index (χ1) is 9.10. The van der Waals surface area contributed by atoms with Gasteiger partial charge in [0.15, 0.2) is 0 Å². The minimum Gasteiger partial charge on any atom is -0.463 e. The Balaban J connectivity index is 2.09. The number of H-pyrrole nitrogens is 1.